The van der Waals surface area contributed by atoms with Crippen molar-refractivity contribution in [2.24, 2.45) is 11.7 Å². The molecule has 8 bridgehead atoms. The van der Waals surface area contributed by atoms with E-state index in [2.05, 4.69) is 51.5 Å². The predicted molar refractivity (Wildman–Crippen MR) is 206 cm³/mol. The Labute approximate surface area is 337 Å². The largest absolute Gasteiger partial charge is 0.443 e. The number of hydrogen-bond donors (Lipinski definition) is 7. The number of rotatable bonds is 5. The predicted octanol–water partition coefficient (Wildman–Crippen LogP) is 1.86. The number of aliphatic hydroxyl groups is 1. The number of carbonyl (C=O) groups excluding carboxylic acids is 6. The van der Waals surface area contributed by atoms with Gasteiger partial charge < -0.3 is 46.3 Å². The summed E-state index contributed by atoms with van der Waals surface area (Å²) in [5, 5.41) is 26.7. The Morgan fingerprint density at radius 3 is 2.24 bits per heavy atom. The minimum atomic E-state index is -1.38. The highest BCUT2D eigenvalue weighted by atomic mass is 32.1. The number of nitrogens with two attached hydrogens (primary N) is 1. The van der Waals surface area contributed by atoms with E-state index in [4.69, 9.17) is 14.6 Å². The van der Waals surface area contributed by atoms with E-state index in [1.54, 1.807) is 46.9 Å². The van der Waals surface area contributed by atoms with Gasteiger partial charge in [0, 0.05) is 16.3 Å². The monoisotopic (exact) mass is 833 g/mol. The van der Waals surface area contributed by atoms with Gasteiger partial charge in [-0.1, -0.05) is 13.8 Å². The quantitative estimate of drug-likeness (QED) is 0.133. The maximum Gasteiger partial charge on any atom is 0.274 e. The summed E-state index contributed by atoms with van der Waals surface area (Å²) in [4.78, 5) is 101. The molecule has 0 spiro atoms. The van der Waals surface area contributed by atoms with Gasteiger partial charge in [0.1, 0.15) is 68.1 Å². The zero-order valence-electron chi connectivity index (χ0n) is 32.0. The van der Waals surface area contributed by atoms with E-state index in [-0.39, 0.29) is 74.9 Å². The number of primary amides is 1. The molecule has 20 nitrogen and oxygen atoms in total. The standard InChI is InChI=1S/C36H39N11O9S2/c1-13(2)24-32(53)38-9-23-45-26(17(6)55-23)33(54)40-15(4)35-43-21(11-57-35)30(51)39-14(3)34-47-25(16(5)56-34)27-18(36-44-22(12-58-36)31(52)46-24)7-8-19(41-27)29(50)42-20(10-48)28(37)49/h7-8,11-15,20,24,48H,9-10H2,1-6H3,(H2,37,49)(H,38,53)(H,39,51)(H,40,54)(H,42,50)(H,46,52)/t14-,15-,20-,24-/m0/s1. The highest BCUT2D eigenvalue weighted by molar-refractivity contribution is 7.13. The number of aliphatic hydroxyl groups excluding tert-OH is 1. The average Bonchev–Trinajstić information content (AvgIpc) is 4.01. The summed E-state index contributed by atoms with van der Waals surface area (Å²) in [6, 6.07) is -0.939. The Morgan fingerprint density at radius 1 is 0.862 bits per heavy atom. The molecule has 8 N–H and O–H groups in total. The van der Waals surface area contributed by atoms with Crippen molar-refractivity contribution in [3.8, 4) is 22.0 Å². The van der Waals surface area contributed by atoms with Gasteiger partial charge in [0.15, 0.2) is 5.69 Å². The van der Waals surface area contributed by atoms with Crippen LogP contribution in [0.15, 0.2) is 31.7 Å². The highest BCUT2D eigenvalue weighted by Gasteiger charge is 2.30. The number of aromatic nitrogens is 5. The number of aryl methyl sites for hydroxylation is 2. The van der Waals surface area contributed by atoms with Crippen LogP contribution < -0.4 is 32.3 Å². The van der Waals surface area contributed by atoms with Crippen molar-refractivity contribution in [1.82, 2.24) is 51.5 Å². The Kier molecular flexibility index (Phi) is 12.1. The highest BCUT2D eigenvalue weighted by Crippen LogP contribution is 2.35. The SMILES string of the molecule is Cc1oc2nc1C(=O)N[C@@H](C)c1nc(cs1)C(=O)N[C@@H](C)c1nc(c(C)o1)-c1nc(C(=O)N[C@@H](CO)C(N)=O)ccc1-c1nc(cs1)C(=O)N[C@@H](C(C)C)C(=O)NC2. The minimum absolute atomic E-state index is 0.00392. The number of amides is 6. The maximum atomic E-state index is 13.6. The Balaban J connectivity index is 1.40. The number of pyridine rings is 1. The van der Waals surface area contributed by atoms with Gasteiger partial charge in [0.2, 0.25) is 23.6 Å². The molecule has 5 aromatic rings. The summed E-state index contributed by atoms with van der Waals surface area (Å²) in [5.74, 6) is -3.84. The normalized spacial score (nSPS) is 18.4. The van der Waals surface area contributed by atoms with Crippen LogP contribution in [0.5, 0.6) is 0 Å². The van der Waals surface area contributed by atoms with E-state index in [9.17, 15) is 33.9 Å². The van der Waals surface area contributed by atoms with Crippen molar-refractivity contribution in [3.63, 3.8) is 0 Å². The molecular weight excluding hydrogens is 795 g/mol. The third-order valence-electron chi connectivity index (χ3n) is 8.86. The molecule has 0 radical (unpaired) electrons. The second-order valence-electron chi connectivity index (χ2n) is 13.6. The van der Waals surface area contributed by atoms with Crippen LogP contribution in [0, 0.1) is 19.8 Å². The van der Waals surface area contributed by atoms with Gasteiger partial charge in [-0.25, -0.2) is 24.9 Å². The Morgan fingerprint density at radius 2 is 1.53 bits per heavy atom. The summed E-state index contributed by atoms with van der Waals surface area (Å²) in [6.45, 7) is 9.08. The van der Waals surface area contributed by atoms with Crippen LogP contribution in [0.3, 0.4) is 0 Å². The molecule has 6 rings (SSSR count). The summed E-state index contributed by atoms with van der Waals surface area (Å²) >= 11 is 2.24. The van der Waals surface area contributed by atoms with Crippen LogP contribution >= 0.6 is 22.7 Å². The second kappa shape index (κ2) is 17.0. The minimum Gasteiger partial charge on any atom is -0.443 e. The number of nitrogens with zero attached hydrogens (tertiary/aromatic N) is 5. The van der Waals surface area contributed by atoms with Gasteiger partial charge in [-0.05, 0) is 45.7 Å². The molecule has 0 aliphatic carbocycles. The van der Waals surface area contributed by atoms with Crippen molar-refractivity contribution >= 4 is 58.1 Å². The first-order valence-electron chi connectivity index (χ1n) is 17.8. The fourth-order valence-corrected chi connectivity index (χ4v) is 7.34. The maximum absolute atomic E-state index is 13.6. The smallest absolute Gasteiger partial charge is 0.274 e. The summed E-state index contributed by atoms with van der Waals surface area (Å²) in [7, 11) is 0. The first kappa shape index (κ1) is 41.2. The van der Waals surface area contributed by atoms with Crippen LogP contribution in [0.25, 0.3) is 22.0 Å². The fraction of sp³-hybridized carbons (Fsp3) is 0.361. The van der Waals surface area contributed by atoms with Crippen LogP contribution in [0.2, 0.25) is 0 Å². The first-order valence-corrected chi connectivity index (χ1v) is 19.6. The van der Waals surface area contributed by atoms with Crippen molar-refractivity contribution < 1.29 is 42.7 Å². The molecule has 4 atom stereocenters. The van der Waals surface area contributed by atoms with E-state index >= 15 is 0 Å². The lowest BCUT2D eigenvalue weighted by Gasteiger charge is -2.20. The molecule has 6 amide bonds. The molecule has 0 fully saturated rings. The molecule has 0 saturated heterocycles. The molecule has 22 heteroatoms. The molecule has 304 valence electrons. The van der Waals surface area contributed by atoms with Crippen molar-refractivity contribution in [3.05, 3.63) is 74.0 Å². The van der Waals surface area contributed by atoms with Crippen molar-refractivity contribution in [1.29, 1.82) is 0 Å². The van der Waals surface area contributed by atoms with Gasteiger partial charge in [0.25, 0.3) is 23.6 Å². The third kappa shape index (κ3) is 8.77. The van der Waals surface area contributed by atoms with Gasteiger partial charge in [-0.15, -0.1) is 22.7 Å². The number of oxazole rings is 2. The number of fused-ring (bicyclic) bond motifs is 11. The van der Waals surface area contributed by atoms with Crippen LogP contribution in [0.1, 0.15) is 110 Å². The van der Waals surface area contributed by atoms with Crippen molar-refractivity contribution in [2.75, 3.05) is 6.61 Å². The molecular formula is C36H39N11O9S2. The van der Waals surface area contributed by atoms with Gasteiger partial charge in [0.05, 0.1) is 19.2 Å². The van der Waals surface area contributed by atoms with Gasteiger partial charge in [-0.3, -0.25) is 28.8 Å². The van der Waals surface area contributed by atoms with Crippen LogP contribution in [-0.2, 0) is 16.1 Å². The van der Waals surface area contributed by atoms with Gasteiger partial charge >= 0.3 is 0 Å². The zero-order valence-corrected chi connectivity index (χ0v) is 33.6. The Hall–Kier alpha value is -6.39. The van der Waals surface area contributed by atoms with Crippen LogP contribution in [0.4, 0.5) is 0 Å². The van der Waals surface area contributed by atoms with E-state index in [0.717, 1.165) is 22.7 Å². The molecule has 0 aromatic carbocycles. The Bertz CT molecular complexity index is 2420. The number of nitrogens with one attached hydrogen (secondary N) is 5. The third-order valence-corrected chi connectivity index (χ3v) is 10.8. The molecule has 0 unspecified atom stereocenters. The molecule has 58 heavy (non-hydrogen) atoms. The fourth-order valence-electron chi connectivity index (χ4n) is 5.71. The summed E-state index contributed by atoms with van der Waals surface area (Å²) in [6.07, 6.45) is 0. The topological polar surface area (TPSA) is 300 Å². The molecule has 6 heterocycles. The van der Waals surface area contributed by atoms with E-state index in [0.29, 0.717) is 10.6 Å². The molecule has 1 aliphatic rings. The molecule has 1 aliphatic heterocycles. The van der Waals surface area contributed by atoms with E-state index in [1.165, 1.54) is 17.5 Å². The van der Waals surface area contributed by atoms with Gasteiger partial charge in [-0.2, -0.15) is 0 Å². The lowest BCUT2D eigenvalue weighted by Crippen LogP contribution is -2.49. The zero-order chi connectivity index (χ0) is 42.0. The lowest BCUT2D eigenvalue weighted by atomic mass is 10.0. The average molecular weight is 834 g/mol. The van der Waals surface area contributed by atoms with E-state index in [1.807, 2.05) is 0 Å². The number of carbonyl (C=O) groups is 6. The summed E-state index contributed by atoms with van der Waals surface area (Å²) < 4.78 is 11.7. The second-order valence-corrected chi connectivity index (χ2v) is 15.3. The summed E-state index contributed by atoms with van der Waals surface area (Å²) in [5.41, 5.74) is 5.80. The van der Waals surface area contributed by atoms with E-state index < -0.39 is 66.2 Å². The molecule has 5 aromatic heterocycles. The lowest BCUT2D eigenvalue weighted by molar-refractivity contribution is -0.124. The number of hydrogen-bond acceptors (Lipinski definition) is 16. The number of thiazole rings is 2. The molecule has 0 saturated carbocycles. The van der Waals surface area contributed by atoms with Crippen LogP contribution in [-0.4, -0.2) is 84.2 Å². The first-order chi connectivity index (χ1) is 27.5. The van der Waals surface area contributed by atoms with Crippen molar-refractivity contribution in [2.45, 2.75) is 72.3 Å².